The number of likely N-dealkylation sites (tertiary alicyclic amines) is 2. The Balaban J connectivity index is 1.81. The Morgan fingerprint density at radius 3 is 2.54 bits per heavy atom. The van der Waals surface area contributed by atoms with Crippen molar-refractivity contribution in [3.8, 4) is 0 Å². The van der Waals surface area contributed by atoms with Crippen LogP contribution in [0.15, 0.2) is 0 Å². The van der Waals surface area contributed by atoms with E-state index in [9.17, 15) is 4.79 Å². The SMILES string of the molecule is CC[C@@H]1CCCCN1C(=O)[C@@H](C)N(C)CC1CCN(CCO)CC1. The van der Waals surface area contributed by atoms with Crippen LogP contribution in [0, 0.1) is 5.92 Å². The third kappa shape index (κ3) is 5.17. The first-order valence-electron chi connectivity index (χ1n) is 9.90. The van der Waals surface area contributed by atoms with Gasteiger partial charge < -0.3 is 14.9 Å². The summed E-state index contributed by atoms with van der Waals surface area (Å²) in [4.78, 5) is 19.7. The van der Waals surface area contributed by atoms with Gasteiger partial charge in [-0.1, -0.05) is 6.92 Å². The number of aliphatic hydroxyl groups is 1. The molecule has 24 heavy (non-hydrogen) atoms. The van der Waals surface area contributed by atoms with Gasteiger partial charge in [-0.05, 0) is 71.5 Å². The van der Waals surface area contributed by atoms with Crippen LogP contribution < -0.4 is 0 Å². The van der Waals surface area contributed by atoms with Gasteiger partial charge in [0.1, 0.15) is 0 Å². The van der Waals surface area contributed by atoms with Crippen molar-refractivity contribution in [1.29, 1.82) is 0 Å². The van der Waals surface area contributed by atoms with Gasteiger partial charge in [-0.3, -0.25) is 9.69 Å². The minimum atomic E-state index is -0.0207. The van der Waals surface area contributed by atoms with E-state index in [1.807, 2.05) is 0 Å². The summed E-state index contributed by atoms with van der Waals surface area (Å²) in [7, 11) is 2.10. The number of likely N-dealkylation sites (N-methyl/N-ethyl adjacent to an activating group) is 1. The number of carbonyl (C=O) groups is 1. The minimum absolute atomic E-state index is 0.0207. The lowest BCUT2D eigenvalue weighted by Crippen LogP contribution is -2.52. The minimum Gasteiger partial charge on any atom is -0.395 e. The molecule has 2 aliphatic rings. The van der Waals surface area contributed by atoms with Crippen molar-refractivity contribution in [2.24, 2.45) is 5.92 Å². The molecule has 1 amide bonds. The Morgan fingerprint density at radius 1 is 1.21 bits per heavy atom. The molecule has 0 aromatic carbocycles. The molecule has 2 aliphatic heterocycles. The number of nitrogens with zero attached hydrogens (tertiary/aromatic N) is 3. The molecule has 0 spiro atoms. The first kappa shape index (κ1) is 19.7. The summed E-state index contributed by atoms with van der Waals surface area (Å²) in [5.74, 6) is 0.991. The van der Waals surface area contributed by atoms with Gasteiger partial charge in [-0.15, -0.1) is 0 Å². The highest BCUT2D eigenvalue weighted by atomic mass is 16.3. The molecule has 0 aromatic rings. The molecule has 2 heterocycles. The highest BCUT2D eigenvalue weighted by Crippen LogP contribution is 2.23. The summed E-state index contributed by atoms with van der Waals surface area (Å²) in [6.07, 6.45) is 7.01. The predicted octanol–water partition coefficient (Wildman–Crippen LogP) is 1.80. The third-order valence-corrected chi connectivity index (χ3v) is 6.07. The number of amides is 1. The zero-order valence-electron chi connectivity index (χ0n) is 15.9. The van der Waals surface area contributed by atoms with Crippen LogP contribution in [0.3, 0.4) is 0 Å². The molecule has 5 nitrogen and oxygen atoms in total. The number of β-amino-alcohol motifs (C(OH)–C–C–N with tert-alkyl or cyclic N) is 1. The van der Waals surface area contributed by atoms with Crippen LogP contribution in [0.2, 0.25) is 0 Å². The summed E-state index contributed by atoms with van der Waals surface area (Å²) in [6.45, 7) is 9.42. The van der Waals surface area contributed by atoms with Crippen molar-refractivity contribution in [2.45, 2.75) is 64.5 Å². The maximum absolute atomic E-state index is 12.9. The number of aliphatic hydroxyl groups excluding tert-OH is 1. The summed E-state index contributed by atoms with van der Waals surface area (Å²) in [6, 6.07) is 0.427. The van der Waals surface area contributed by atoms with Gasteiger partial charge in [0.05, 0.1) is 12.6 Å². The quantitative estimate of drug-likeness (QED) is 0.768. The van der Waals surface area contributed by atoms with Crippen molar-refractivity contribution < 1.29 is 9.90 Å². The Labute approximate surface area is 148 Å². The Kier molecular flexibility index (Phi) is 7.98. The molecule has 0 saturated carbocycles. The van der Waals surface area contributed by atoms with E-state index >= 15 is 0 Å². The predicted molar refractivity (Wildman–Crippen MR) is 98.0 cm³/mol. The number of hydrogen-bond donors (Lipinski definition) is 1. The molecule has 0 bridgehead atoms. The van der Waals surface area contributed by atoms with E-state index in [0.29, 0.717) is 17.9 Å². The molecule has 0 aromatic heterocycles. The van der Waals surface area contributed by atoms with E-state index in [2.05, 4.69) is 35.6 Å². The van der Waals surface area contributed by atoms with Crippen molar-refractivity contribution in [3.05, 3.63) is 0 Å². The van der Waals surface area contributed by atoms with Gasteiger partial charge in [-0.2, -0.15) is 0 Å². The van der Waals surface area contributed by atoms with Gasteiger partial charge in [0.25, 0.3) is 0 Å². The largest absolute Gasteiger partial charge is 0.395 e. The van der Waals surface area contributed by atoms with Crippen LogP contribution in [-0.2, 0) is 4.79 Å². The first-order chi connectivity index (χ1) is 11.6. The van der Waals surface area contributed by atoms with Crippen LogP contribution in [0.25, 0.3) is 0 Å². The number of carbonyl (C=O) groups excluding carboxylic acids is 1. The van der Waals surface area contributed by atoms with Crippen LogP contribution in [-0.4, -0.2) is 84.2 Å². The highest BCUT2D eigenvalue weighted by molar-refractivity contribution is 5.81. The zero-order chi connectivity index (χ0) is 17.5. The van der Waals surface area contributed by atoms with Crippen LogP contribution in [0.5, 0.6) is 0 Å². The van der Waals surface area contributed by atoms with Crippen molar-refractivity contribution in [3.63, 3.8) is 0 Å². The summed E-state index contributed by atoms with van der Waals surface area (Å²) in [5.41, 5.74) is 0. The molecule has 0 aliphatic carbocycles. The molecule has 140 valence electrons. The fourth-order valence-corrected chi connectivity index (χ4v) is 4.24. The van der Waals surface area contributed by atoms with Gasteiger partial charge >= 0.3 is 0 Å². The zero-order valence-corrected chi connectivity index (χ0v) is 15.9. The molecule has 0 radical (unpaired) electrons. The fraction of sp³-hybridized carbons (Fsp3) is 0.947. The molecule has 0 unspecified atom stereocenters. The lowest BCUT2D eigenvalue weighted by Gasteiger charge is -2.40. The molecule has 2 fully saturated rings. The molecule has 2 atom stereocenters. The van der Waals surface area contributed by atoms with Crippen molar-refractivity contribution >= 4 is 5.91 Å². The second kappa shape index (κ2) is 9.73. The molecule has 5 heteroatoms. The van der Waals surface area contributed by atoms with E-state index in [0.717, 1.165) is 45.6 Å². The average molecular weight is 340 g/mol. The molecule has 2 saturated heterocycles. The second-order valence-electron chi connectivity index (χ2n) is 7.71. The topological polar surface area (TPSA) is 47.0 Å². The number of hydrogen-bond acceptors (Lipinski definition) is 4. The van der Waals surface area contributed by atoms with E-state index < -0.39 is 0 Å². The fourth-order valence-electron chi connectivity index (χ4n) is 4.24. The second-order valence-corrected chi connectivity index (χ2v) is 7.71. The van der Waals surface area contributed by atoms with Crippen LogP contribution >= 0.6 is 0 Å². The summed E-state index contributed by atoms with van der Waals surface area (Å²) < 4.78 is 0. The van der Waals surface area contributed by atoms with Gasteiger partial charge in [0.2, 0.25) is 5.91 Å². The first-order valence-corrected chi connectivity index (χ1v) is 9.90. The standard InChI is InChI=1S/C19H37N3O2/c1-4-18-7-5-6-10-22(18)19(24)16(2)20(3)15-17-8-11-21(12-9-17)13-14-23/h16-18,23H,4-15H2,1-3H3/t16-,18-/m1/s1. The van der Waals surface area contributed by atoms with Crippen molar-refractivity contribution in [2.75, 3.05) is 46.4 Å². The average Bonchev–Trinajstić information content (AvgIpc) is 2.62. The van der Waals surface area contributed by atoms with Gasteiger partial charge in [-0.25, -0.2) is 0 Å². The van der Waals surface area contributed by atoms with Crippen LogP contribution in [0.1, 0.15) is 52.4 Å². The van der Waals surface area contributed by atoms with E-state index in [4.69, 9.17) is 5.11 Å². The molecule has 2 rings (SSSR count). The molecule has 1 N–H and O–H groups in total. The number of rotatable bonds is 7. The lowest BCUT2D eigenvalue weighted by molar-refractivity contribution is -0.140. The normalized spacial score (nSPS) is 25.2. The third-order valence-electron chi connectivity index (χ3n) is 6.07. The Hall–Kier alpha value is -0.650. The molecular formula is C19H37N3O2. The number of piperidine rings is 2. The van der Waals surface area contributed by atoms with Crippen molar-refractivity contribution in [1.82, 2.24) is 14.7 Å². The Bertz CT molecular complexity index is 383. The maximum Gasteiger partial charge on any atom is 0.239 e. The summed E-state index contributed by atoms with van der Waals surface area (Å²) >= 11 is 0. The Morgan fingerprint density at radius 2 is 1.92 bits per heavy atom. The van der Waals surface area contributed by atoms with Gasteiger partial charge in [0.15, 0.2) is 0 Å². The molecular weight excluding hydrogens is 302 g/mol. The smallest absolute Gasteiger partial charge is 0.239 e. The summed E-state index contributed by atoms with van der Waals surface area (Å²) in [5, 5.41) is 9.04. The monoisotopic (exact) mass is 339 g/mol. The van der Waals surface area contributed by atoms with Crippen LogP contribution in [0.4, 0.5) is 0 Å². The van der Waals surface area contributed by atoms with E-state index in [1.165, 1.54) is 25.7 Å². The van der Waals surface area contributed by atoms with Gasteiger partial charge in [0, 0.05) is 25.7 Å². The van der Waals surface area contributed by atoms with E-state index in [-0.39, 0.29) is 12.6 Å². The lowest BCUT2D eigenvalue weighted by atomic mass is 9.95. The maximum atomic E-state index is 12.9. The van der Waals surface area contributed by atoms with E-state index in [1.54, 1.807) is 0 Å². The highest BCUT2D eigenvalue weighted by Gasteiger charge is 2.31.